The largest absolute Gasteiger partial charge is 0.444 e. The molecule has 1 saturated carbocycles. The van der Waals surface area contributed by atoms with Crippen molar-refractivity contribution in [2.75, 3.05) is 0 Å². The standard InChI is InChI=1S/C31H37N2O3P/c1-31(2,3)36-30(35)33-28(23-15-7-4-8-16-23)29(34)32-26-21-13-14-22-27(26)37(24-17-9-5-10-18-24)25-19-11-6-12-20-25/h4-12,15-20,26-28H,13-14,21-22H2,1-3H3,(H,32,34)(H,33,35)/t26-,27-,28+/m1/s1. The van der Waals surface area contributed by atoms with Gasteiger partial charge in [-0.1, -0.05) is 104 Å². The predicted molar refractivity (Wildman–Crippen MR) is 152 cm³/mol. The minimum Gasteiger partial charge on any atom is -0.444 e. The number of rotatable bonds is 7. The predicted octanol–water partition coefficient (Wildman–Crippen LogP) is 5.81. The van der Waals surface area contributed by atoms with Crippen LogP contribution in [-0.2, 0) is 9.53 Å². The zero-order valence-electron chi connectivity index (χ0n) is 21.9. The summed E-state index contributed by atoms with van der Waals surface area (Å²) in [6.45, 7) is 5.44. The van der Waals surface area contributed by atoms with Gasteiger partial charge in [-0.3, -0.25) is 4.79 Å². The number of benzene rings is 3. The number of hydrogen-bond acceptors (Lipinski definition) is 3. The molecule has 1 aliphatic carbocycles. The van der Waals surface area contributed by atoms with Crippen molar-refractivity contribution in [1.29, 1.82) is 0 Å². The van der Waals surface area contributed by atoms with Crippen molar-refractivity contribution in [3.8, 4) is 0 Å². The van der Waals surface area contributed by atoms with Crippen LogP contribution in [0.1, 0.15) is 58.1 Å². The van der Waals surface area contributed by atoms with Crippen LogP contribution in [0.2, 0.25) is 0 Å². The van der Waals surface area contributed by atoms with Crippen LogP contribution in [0.5, 0.6) is 0 Å². The lowest BCUT2D eigenvalue weighted by Crippen LogP contribution is -2.50. The van der Waals surface area contributed by atoms with Gasteiger partial charge in [0.25, 0.3) is 0 Å². The molecule has 4 rings (SSSR count). The van der Waals surface area contributed by atoms with Crippen LogP contribution >= 0.6 is 7.92 Å². The average molecular weight is 517 g/mol. The lowest BCUT2D eigenvalue weighted by molar-refractivity contribution is -0.124. The number of hydrogen-bond donors (Lipinski definition) is 2. The van der Waals surface area contributed by atoms with Crippen LogP contribution in [-0.4, -0.2) is 29.3 Å². The third-order valence-electron chi connectivity index (χ3n) is 6.51. The molecule has 1 fully saturated rings. The number of carbonyl (C=O) groups is 2. The minimum atomic E-state index is -0.835. The van der Waals surface area contributed by atoms with E-state index in [9.17, 15) is 9.59 Å². The van der Waals surface area contributed by atoms with E-state index >= 15 is 0 Å². The molecule has 0 aromatic heterocycles. The van der Waals surface area contributed by atoms with Crippen molar-refractivity contribution >= 4 is 30.5 Å². The lowest BCUT2D eigenvalue weighted by Gasteiger charge is -2.39. The Labute approximate surface area is 221 Å². The van der Waals surface area contributed by atoms with Crippen molar-refractivity contribution in [1.82, 2.24) is 10.6 Å². The van der Waals surface area contributed by atoms with E-state index in [1.807, 2.05) is 51.1 Å². The van der Waals surface area contributed by atoms with Gasteiger partial charge in [0.15, 0.2) is 0 Å². The maximum Gasteiger partial charge on any atom is 0.408 e. The number of alkyl carbamates (subject to hydrolysis) is 1. The highest BCUT2D eigenvalue weighted by atomic mass is 31.1. The first-order valence-electron chi connectivity index (χ1n) is 13.1. The van der Waals surface area contributed by atoms with Gasteiger partial charge in [0, 0.05) is 11.7 Å². The van der Waals surface area contributed by atoms with Gasteiger partial charge < -0.3 is 15.4 Å². The Morgan fingerprint density at radius 1 is 0.811 bits per heavy atom. The molecule has 0 heterocycles. The monoisotopic (exact) mass is 516 g/mol. The van der Waals surface area contributed by atoms with E-state index < -0.39 is 25.7 Å². The van der Waals surface area contributed by atoms with Gasteiger partial charge in [0.05, 0.1) is 0 Å². The molecule has 1 aliphatic rings. The summed E-state index contributed by atoms with van der Waals surface area (Å²) in [5.74, 6) is -0.204. The summed E-state index contributed by atoms with van der Waals surface area (Å²) in [5.41, 5.74) is 0.374. The Morgan fingerprint density at radius 3 is 1.86 bits per heavy atom. The first-order chi connectivity index (χ1) is 17.8. The third kappa shape index (κ3) is 7.42. The maximum absolute atomic E-state index is 13.8. The van der Waals surface area contributed by atoms with Crippen molar-refractivity contribution in [3.63, 3.8) is 0 Å². The second-order valence-corrected chi connectivity index (χ2v) is 12.9. The van der Waals surface area contributed by atoms with Crippen LogP contribution in [0.4, 0.5) is 4.79 Å². The Bertz CT molecular complexity index is 1110. The van der Waals surface area contributed by atoms with Crippen LogP contribution in [0, 0.1) is 0 Å². The highest BCUT2D eigenvalue weighted by Crippen LogP contribution is 2.46. The fourth-order valence-corrected chi connectivity index (χ4v) is 8.01. The Morgan fingerprint density at radius 2 is 1.32 bits per heavy atom. The normalized spacial score (nSPS) is 18.6. The van der Waals surface area contributed by atoms with E-state index in [-0.39, 0.29) is 11.9 Å². The molecule has 37 heavy (non-hydrogen) atoms. The molecule has 194 valence electrons. The number of ether oxygens (including phenoxy) is 1. The van der Waals surface area contributed by atoms with E-state index in [0.717, 1.165) is 31.2 Å². The molecule has 0 bridgehead atoms. The van der Waals surface area contributed by atoms with Gasteiger partial charge in [-0.15, -0.1) is 0 Å². The van der Waals surface area contributed by atoms with Crippen molar-refractivity contribution < 1.29 is 14.3 Å². The lowest BCUT2D eigenvalue weighted by atomic mass is 9.94. The quantitative estimate of drug-likeness (QED) is 0.390. The molecule has 0 radical (unpaired) electrons. The highest BCUT2D eigenvalue weighted by Gasteiger charge is 2.36. The smallest absolute Gasteiger partial charge is 0.408 e. The molecule has 5 nitrogen and oxygen atoms in total. The van der Waals surface area contributed by atoms with Gasteiger partial charge >= 0.3 is 6.09 Å². The Hall–Kier alpha value is -3.17. The summed E-state index contributed by atoms with van der Waals surface area (Å²) in [6.07, 6.45) is 3.59. The number of carbonyl (C=O) groups excluding carboxylic acids is 2. The molecular formula is C31H37N2O3P. The molecule has 0 spiro atoms. The van der Waals surface area contributed by atoms with E-state index in [4.69, 9.17) is 4.74 Å². The summed E-state index contributed by atoms with van der Waals surface area (Å²) in [6, 6.07) is 29.9. The van der Waals surface area contributed by atoms with Crippen molar-refractivity contribution in [2.45, 2.75) is 69.8 Å². The summed E-state index contributed by atoms with van der Waals surface area (Å²) < 4.78 is 5.48. The first kappa shape index (κ1) is 26.9. The van der Waals surface area contributed by atoms with Gasteiger partial charge in [-0.05, 0) is 57.7 Å². The number of nitrogens with one attached hydrogen (secondary N) is 2. The van der Waals surface area contributed by atoms with E-state index in [1.54, 1.807) is 0 Å². The molecule has 0 aliphatic heterocycles. The van der Waals surface area contributed by atoms with Crippen LogP contribution < -0.4 is 21.2 Å². The molecule has 3 atom stereocenters. The van der Waals surface area contributed by atoms with Gasteiger partial charge in [0.2, 0.25) is 5.91 Å². The Kier molecular flexibility index (Phi) is 9.00. The van der Waals surface area contributed by atoms with Crippen molar-refractivity contribution in [3.05, 3.63) is 96.6 Å². The summed E-state index contributed by atoms with van der Waals surface area (Å²) in [4.78, 5) is 26.5. The fraction of sp³-hybridized carbons (Fsp3) is 0.355. The molecular weight excluding hydrogens is 479 g/mol. The van der Waals surface area contributed by atoms with Gasteiger partial charge in [-0.2, -0.15) is 0 Å². The first-order valence-corrected chi connectivity index (χ1v) is 14.5. The van der Waals surface area contributed by atoms with Crippen molar-refractivity contribution in [2.24, 2.45) is 0 Å². The van der Waals surface area contributed by atoms with Gasteiger partial charge in [0.1, 0.15) is 11.6 Å². The van der Waals surface area contributed by atoms with Crippen LogP contribution in [0.15, 0.2) is 91.0 Å². The van der Waals surface area contributed by atoms with E-state index in [2.05, 4.69) is 71.3 Å². The second-order valence-electron chi connectivity index (χ2n) is 10.5. The number of amides is 2. The molecule has 6 heteroatoms. The van der Waals surface area contributed by atoms with Gasteiger partial charge in [-0.25, -0.2) is 4.79 Å². The zero-order chi connectivity index (χ0) is 26.3. The second kappa shape index (κ2) is 12.4. The zero-order valence-corrected chi connectivity index (χ0v) is 22.8. The Balaban J connectivity index is 1.61. The average Bonchev–Trinajstić information content (AvgIpc) is 2.89. The highest BCUT2D eigenvalue weighted by molar-refractivity contribution is 7.73. The topological polar surface area (TPSA) is 67.4 Å². The third-order valence-corrected chi connectivity index (χ3v) is 9.50. The molecule has 3 aromatic rings. The molecule has 2 amide bonds. The van der Waals surface area contributed by atoms with E-state index in [1.165, 1.54) is 10.6 Å². The summed E-state index contributed by atoms with van der Waals surface area (Å²) in [7, 11) is -0.674. The van der Waals surface area contributed by atoms with Crippen LogP contribution in [0.25, 0.3) is 0 Å². The summed E-state index contributed by atoms with van der Waals surface area (Å²) in [5, 5.41) is 8.82. The minimum absolute atomic E-state index is 0.0134. The van der Waals surface area contributed by atoms with E-state index in [0.29, 0.717) is 5.66 Å². The molecule has 2 N–H and O–H groups in total. The maximum atomic E-state index is 13.8. The fourth-order valence-electron chi connectivity index (χ4n) is 4.94. The molecule has 0 saturated heterocycles. The summed E-state index contributed by atoms with van der Waals surface area (Å²) >= 11 is 0. The molecule has 0 unspecified atom stereocenters. The van der Waals surface area contributed by atoms with Crippen LogP contribution in [0.3, 0.4) is 0 Å². The molecule has 3 aromatic carbocycles. The SMILES string of the molecule is CC(C)(C)OC(=O)N[C@H](C(=O)N[C@@H]1CCCC[C@H]1P(c1ccccc1)c1ccccc1)c1ccccc1.